The number of imide groups is 1. The van der Waals surface area contributed by atoms with Crippen LogP contribution in [-0.2, 0) is 16.0 Å². The quantitative estimate of drug-likeness (QED) is 0.718. The second kappa shape index (κ2) is 8.75. The molecule has 0 spiro atoms. The van der Waals surface area contributed by atoms with E-state index in [0.717, 1.165) is 16.3 Å². The monoisotopic (exact) mass is 421 g/mol. The Morgan fingerprint density at radius 1 is 1.03 bits per heavy atom. The number of aryl methyl sites for hydroxylation is 1. The van der Waals surface area contributed by atoms with E-state index in [9.17, 15) is 14.4 Å². The Morgan fingerprint density at radius 3 is 2.42 bits per heavy atom. The lowest BCUT2D eigenvalue weighted by atomic mass is 9.93. The largest absolute Gasteiger partial charge is 0.353 e. The third-order valence-corrected chi connectivity index (χ3v) is 6.00. The molecule has 2 aliphatic rings. The zero-order valence-corrected chi connectivity index (χ0v) is 17.7. The van der Waals surface area contributed by atoms with E-state index in [1.165, 1.54) is 0 Å². The third-order valence-electron chi connectivity index (χ3n) is 6.00. The molecule has 1 N–H and O–H groups in total. The average molecular weight is 422 g/mol. The summed E-state index contributed by atoms with van der Waals surface area (Å²) < 4.78 is 0. The maximum Gasteiger partial charge on any atom is 0.325 e. The number of rotatable bonds is 6. The molecule has 2 aromatic rings. The zero-order chi connectivity index (χ0) is 21.8. The van der Waals surface area contributed by atoms with Crippen LogP contribution in [0.3, 0.4) is 0 Å². The molecule has 2 fully saturated rings. The van der Waals surface area contributed by atoms with Crippen molar-refractivity contribution in [2.24, 2.45) is 0 Å². The van der Waals surface area contributed by atoms with Crippen molar-refractivity contribution in [1.82, 2.24) is 20.1 Å². The minimum Gasteiger partial charge on any atom is -0.353 e. The van der Waals surface area contributed by atoms with Gasteiger partial charge in [0.2, 0.25) is 5.91 Å². The van der Waals surface area contributed by atoms with Gasteiger partial charge < -0.3 is 15.1 Å². The number of hydrogen-bond acceptors (Lipinski definition) is 5. The summed E-state index contributed by atoms with van der Waals surface area (Å²) in [6.45, 7) is 3.89. The predicted molar refractivity (Wildman–Crippen MR) is 116 cm³/mol. The summed E-state index contributed by atoms with van der Waals surface area (Å²) in [4.78, 5) is 47.5. The molecule has 1 aromatic heterocycles. The Hall–Kier alpha value is -3.42. The lowest BCUT2D eigenvalue weighted by molar-refractivity contribution is -0.139. The van der Waals surface area contributed by atoms with Crippen molar-refractivity contribution in [2.45, 2.75) is 25.3 Å². The fraction of sp³-hybridized carbons (Fsp3) is 0.391. The number of benzene rings is 1. The first-order chi connectivity index (χ1) is 15.0. The highest BCUT2D eigenvalue weighted by atomic mass is 16.2. The van der Waals surface area contributed by atoms with Crippen LogP contribution in [-0.4, -0.2) is 70.9 Å². The average Bonchev–Trinajstić information content (AvgIpc) is 3.02. The van der Waals surface area contributed by atoms with Crippen molar-refractivity contribution >= 4 is 23.7 Å². The van der Waals surface area contributed by atoms with Crippen LogP contribution in [0.1, 0.15) is 18.9 Å². The molecule has 2 aliphatic heterocycles. The zero-order valence-electron chi connectivity index (χ0n) is 17.7. The molecular formula is C23H27N5O3. The summed E-state index contributed by atoms with van der Waals surface area (Å²) in [7, 11) is 0. The van der Waals surface area contributed by atoms with Crippen LogP contribution in [0.5, 0.6) is 0 Å². The van der Waals surface area contributed by atoms with Crippen molar-refractivity contribution in [3.8, 4) is 0 Å². The van der Waals surface area contributed by atoms with Crippen molar-refractivity contribution in [3.05, 3.63) is 60.3 Å². The van der Waals surface area contributed by atoms with E-state index in [4.69, 9.17) is 0 Å². The van der Waals surface area contributed by atoms with Crippen LogP contribution in [0.15, 0.2) is 54.7 Å². The van der Waals surface area contributed by atoms with Gasteiger partial charge in [-0.25, -0.2) is 9.78 Å². The topological polar surface area (TPSA) is 85.8 Å². The van der Waals surface area contributed by atoms with Crippen LogP contribution in [0.2, 0.25) is 0 Å². The van der Waals surface area contributed by atoms with Crippen molar-refractivity contribution in [2.75, 3.05) is 37.6 Å². The Labute approximate surface area is 181 Å². The highest BCUT2D eigenvalue weighted by Crippen LogP contribution is 2.23. The second-order valence-electron chi connectivity index (χ2n) is 8.19. The van der Waals surface area contributed by atoms with E-state index >= 15 is 0 Å². The molecule has 3 heterocycles. The highest BCUT2D eigenvalue weighted by Gasteiger charge is 2.48. The molecular weight excluding hydrogens is 394 g/mol. The Morgan fingerprint density at radius 2 is 1.74 bits per heavy atom. The van der Waals surface area contributed by atoms with Gasteiger partial charge in [-0.1, -0.05) is 36.4 Å². The van der Waals surface area contributed by atoms with E-state index in [1.807, 2.05) is 48.5 Å². The van der Waals surface area contributed by atoms with E-state index < -0.39 is 11.6 Å². The van der Waals surface area contributed by atoms with Crippen LogP contribution in [0.25, 0.3) is 0 Å². The number of urea groups is 1. The molecule has 0 unspecified atom stereocenters. The Balaban J connectivity index is 1.32. The fourth-order valence-electron chi connectivity index (χ4n) is 4.06. The minimum absolute atomic E-state index is 0.212. The smallest absolute Gasteiger partial charge is 0.325 e. The van der Waals surface area contributed by atoms with Crippen LogP contribution >= 0.6 is 0 Å². The minimum atomic E-state index is -0.995. The van der Waals surface area contributed by atoms with Gasteiger partial charge in [0.1, 0.15) is 17.9 Å². The van der Waals surface area contributed by atoms with Gasteiger partial charge in [-0.2, -0.15) is 0 Å². The van der Waals surface area contributed by atoms with E-state index in [1.54, 1.807) is 18.0 Å². The summed E-state index contributed by atoms with van der Waals surface area (Å²) in [5.74, 6) is 0.336. The first-order valence-corrected chi connectivity index (χ1v) is 10.6. The lowest BCUT2D eigenvalue weighted by Crippen LogP contribution is -2.52. The number of nitrogens with zero attached hydrogens (tertiary/aromatic N) is 4. The maximum absolute atomic E-state index is 13.0. The molecule has 1 aromatic carbocycles. The summed E-state index contributed by atoms with van der Waals surface area (Å²) in [6, 6.07) is 15.1. The third kappa shape index (κ3) is 4.52. The van der Waals surface area contributed by atoms with Gasteiger partial charge in [-0.3, -0.25) is 14.5 Å². The number of aromatic nitrogens is 1. The number of amides is 4. The first kappa shape index (κ1) is 20.8. The van der Waals surface area contributed by atoms with Gasteiger partial charge in [0.25, 0.3) is 5.91 Å². The standard InChI is InChI=1S/C23H27N5O3/c1-23(11-10-18-7-3-2-4-8-18)21(30)28(22(31)25-23)17-20(29)27-15-13-26(14-16-27)19-9-5-6-12-24-19/h2-9,12H,10-11,13-17H2,1H3,(H,25,31)/t23-/m0/s1. The molecule has 0 saturated carbocycles. The number of anilines is 1. The van der Waals surface area contributed by atoms with Gasteiger partial charge in [0, 0.05) is 32.4 Å². The molecule has 4 rings (SSSR count). The molecule has 0 bridgehead atoms. The second-order valence-corrected chi connectivity index (χ2v) is 8.19. The number of pyridine rings is 1. The summed E-state index contributed by atoms with van der Waals surface area (Å²) in [5.41, 5.74) is 0.108. The van der Waals surface area contributed by atoms with E-state index in [-0.39, 0.29) is 18.4 Å². The lowest BCUT2D eigenvalue weighted by Gasteiger charge is -2.35. The molecule has 0 aliphatic carbocycles. The van der Waals surface area contributed by atoms with E-state index in [0.29, 0.717) is 39.0 Å². The fourth-order valence-corrected chi connectivity index (χ4v) is 4.06. The van der Waals surface area contributed by atoms with Gasteiger partial charge in [0.05, 0.1) is 0 Å². The van der Waals surface area contributed by atoms with Crippen molar-refractivity contribution in [3.63, 3.8) is 0 Å². The Kier molecular flexibility index (Phi) is 5.88. The molecule has 8 nitrogen and oxygen atoms in total. The van der Waals surface area contributed by atoms with Crippen LogP contribution in [0, 0.1) is 0 Å². The summed E-state index contributed by atoms with van der Waals surface area (Å²) in [5, 5.41) is 2.79. The number of carbonyl (C=O) groups is 3. The van der Waals surface area contributed by atoms with E-state index in [2.05, 4.69) is 15.2 Å². The summed E-state index contributed by atoms with van der Waals surface area (Å²) >= 11 is 0. The normalized spacial score (nSPS) is 21.4. The molecule has 0 radical (unpaired) electrons. The van der Waals surface area contributed by atoms with Gasteiger partial charge in [0.15, 0.2) is 0 Å². The molecule has 8 heteroatoms. The SMILES string of the molecule is C[C@@]1(CCc2ccccc2)NC(=O)N(CC(=O)N2CCN(c3ccccn3)CC2)C1=O. The molecule has 31 heavy (non-hydrogen) atoms. The number of piperazine rings is 1. The van der Waals surface area contributed by atoms with Gasteiger partial charge in [-0.05, 0) is 37.5 Å². The molecule has 4 amide bonds. The molecule has 162 valence electrons. The molecule has 2 saturated heterocycles. The number of nitrogens with one attached hydrogen (secondary N) is 1. The number of hydrogen-bond donors (Lipinski definition) is 1. The Bertz CT molecular complexity index is 944. The van der Waals surface area contributed by atoms with Crippen molar-refractivity contribution < 1.29 is 14.4 Å². The summed E-state index contributed by atoms with van der Waals surface area (Å²) in [6.07, 6.45) is 2.90. The highest BCUT2D eigenvalue weighted by molar-refractivity contribution is 6.08. The maximum atomic E-state index is 13.0. The molecule has 1 atom stereocenters. The predicted octanol–water partition coefficient (Wildman–Crippen LogP) is 1.67. The van der Waals surface area contributed by atoms with Gasteiger partial charge in [-0.15, -0.1) is 0 Å². The van der Waals surface area contributed by atoms with Crippen LogP contribution < -0.4 is 10.2 Å². The number of carbonyl (C=O) groups excluding carboxylic acids is 3. The van der Waals surface area contributed by atoms with Gasteiger partial charge >= 0.3 is 6.03 Å². The first-order valence-electron chi connectivity index (χ1n) is 10.6. The van der Waals surface area contributed by atoms with Crippen molar-refractivity contribution in [1.29, 1.82) is 0 Å². The van der Waals surface area contributed by atoms with Crippen LogP contribution in [0.4, 0.5) is 10.6 Å².